The summed E-state index contributed by atoms with van der Waals surface area (Å²) in [6.07, 6.45) is 5.54. The van der Waals surface area contributed by atoms with Crippen LogP contribution >= 0.6 is 0 Å². The van der Waals surface area contributed by atoms with Gasteiger partial charge in [-0.1, -0.05) is 19.4 Å². The van der Waals surface area contributed by atoms with Crippen molar-refractivity contribution in [2.24, 2.45) is 4.99 Å². The number of unbranched alkanes of at least 4 members (excludes halogenated alkanes) is 1. The van der Waals surface area contributed by atoms with E-state index in [9.17, 15) is 17.6 Å². The molecule has 0 aliphatic carbocycles. The predicted octanol–water partition coefficient (Wildman–Crippen LogP) is 3.31. The summed E-state index contributed by atoms with van der Waals surface area (Å²) in [5.41, 5.74) is -0.851. The molecule has 1 aliphatic rings. The van der Waals surface area contributed by atoms with Gasteiger partial charge >= 0.3 is 0 Å². The Morgan fingerprint density at radius 3 is 2.68 bits per heavy atom. The molecule has 0 atom stereocenters. The summed E-state index contributed by atoms with van der Waals surface area (Å²) in [5.74, 6) is -2.79. The van der Waals surface area contributed by atoms with Gasteiger partial charge in [-0.05, 0) is 49.2 Å². The number of halogens is 2. The van der Waals surface area contributed by atoms with Crippen molar-refractivity contribution in [3.05, 3.63) is 76.1 Å². The maximum Gasteiger partial charge on any atom is 0.261 e. The molecule has 0 unspecified atom stereocenters. The van der Waals surface area contributed by atoms with E-state index in [0.29, 0.717) is 36.0 Å². The van der Waals surface area contributed by atoms with Crippen molar-refractivity contribution in [1.29, 1.82) is 0 Å². The predicted molar refractivity (Wildman–Crippen MR) is 123 cm³/mol. The van der Waals surface area contributed by atoms with Gasteiger partial charge in [-0.15, -0.1) is 0 Å². The highest BCUT2D eigenvalue weighted by atomic mass is 32.2. The molecule has 2 aromatic carbocycles. The number of sulfonamides is 1. The van der Waals surface area contributed by atoms with Crippen molar-refractivity contribution in [3.63, 3.8) is 0 Å². The summed E-state index contributed by atoms with van der Waals surface area (Å²) >= 11 is 0. The van der Waals surface area contributed by atoms with Gasteiger partial charge in [0.25, 0.3) is 10.0 Å². The van der Waals surface area contributed by atoms with E-state index < -0.39 is 38.7 Å². The van der Waals surface area contributed by atoms with Gasteiger partial charge in [0.2, 0.25) is 5.78 Å². The number of hydrogen-bond donors (Lipinski definition) is 2. The van der Waals surface area contributed by atoms with Crippen LogP contribution in [-0.2, 0) is 10.0 Å². The Labute approximate surface area is 195 Å². The van der Waals surface area contributed by atoms with Crippen molar-refractivity contribution in [2.45, 2.75) is 31.1 Å². The Morgan fingerprint density at radius 1 is 1.18 bits per heavy atom. The number of fused-ring (bicyclic) bond motifs is 1. The van der Waals surface area contributed by atoms with Crippen LogP contribution in [0.5, 0.6) is 5.75 Å². The molecule has 0 amide bonds. The highest BCUT2D eigenvalue weighted by Crippen LogP contribution is 2.26. The second-order valence-corrected chi connectivity index (χ2v) is 9.41. The third-order valence-corrected chi connectivity index (χ3v) is 6.74. The highest BCUT2D eigenvalue weighted by Gasteiger charge is 2.26. The van der Waals surface area contributed by atoms with Crippen molar-refractivity contribution >= 4 is 27.6 Å². The van der Waals surface area contributed by atoms with Crippen molar-refractivity contribution < 1.29 is 26.7 Å². The van der Waals surface area contributed by atoms with Crippen LogP contribution in [0.15, 0.2) is 52.5 Å². The smallest absolute Gasteiger partial charge is 0.261 e. The average molecular weight is 488 g/mol. The van der Waals surface area contributed by atoms with Crippen LogP contribution in [0.3, 0.4) is 0 Å². The molecule has 2 N–H and O–H groups in total. The lowest BCUT2D eigenvalue weighted by Gasteiger charge is -2.12. The summed E-state index contributed by atoms with van der Waals surface area (Å²) in [6, 6.07) is 7.43. The van der Waals surface area contributed by atoms with E-state index in [1.165, 1.54) is 30.5 Å². The number of benzene rings is 2. The lowest BCUT2D eigenvalue weighted by molar-refractivity contribution is 0.103. The van der Waals surface area contributed by atoms with Gasteiger partial charge in [-0.3, -0.25) is 14.5 Å². The lowest BCUT2D eigenvalue weighted by atomic mass is 10.0. The van der Waals surface area contributed by atoms with E-state index in [2.05, 4.69) is 14.7 Å². The topological polar surface area (TPSA) is 101 Å². The van der Waals surface area contributed by atoms with Gasteiger partial charge in [0, 0.05) is 23.5 Å². The normalized spacial score (nSPS) is 12.9. The number of H-pyrrole nitrogens is 1. The van der Waals surface area contributed by atoms with E-state index in [1.807, 2.05) is 6.92 Å². The average Bonchev–Trinajstić information content (AvgIpc) is 3.26. The molecular formula is C24H23F2N3O4S. The summed E-state index contributed by atoms with van der Waals surface area (Å²) in [5, 5.41) is 0.474. The molecule has 1 aromatic heterocycles. The Hall–Kier alpha value is -3.53. The van der Waals surface area contributed by atoms with Crippen molar-refractivity contribution in [3.8, 4) is 5.75 Å². The zero-order chi connectivity index (χ0) is 24.3. The fraction of sp³-hybridized carbons (Fsp3) is 0.250. The number of nitrogens with one attached hydrogen (secondary N) is 2. The molecule has 0 bridgehead atoms. The molecule has 7 nitrogen and oxygen atoms in total. The quantitative estimate of drug-likeness (QED) is 0.357. The lowest BCUT2D eigenvalue weighted by Crippen LogP contribution is -2.30. The molecule has 0 spiro atoms. The van der Waals surface area contributed by atoms with Gasteiger partial charge in [0.1, 0.15) is 17.1 Å². The van der Waals surface area contributed by atoms with Crippen LogP contribution in [-0.4, -0.2) is 32.3 Å². The van der Waals surface area contributed by atoms with E-state index in [1.54, 1.807) is 6.08 Å². The molecule has 1 aliphatic heterocycles. The van der Waals surface area contributed by atoms with Gasteiger partial charge in [-0.2, -0.15) is 0 Å². The Morgan fingerprint density at radius 2 is 1.94 bits per heavy atom. The first kappa shape index (κ1) is 23.6. The Bertz CT molecular complexity index is 1450. The molecule has 4 rings (SSSR count). The molecule has 3 aromatic rings. The third-order valence-electron chi connectivity index (χ3n) is 5.35. The molecule has 0 fully saturated rings. The number of carbonyl (C=O) groups is 1. The largest absolute Gasteiger partial charge is 0.494 e. The minimum absolute atomic E-state index is 0.0647. The number of aromatic amines is 1. The van der Waals surface area contributed by atoms with Crippen molar-refractivity contribution in [2.75, 3.05) is 17.9 Å². The highest BCUT2D eigenvalue weighted by molar-refractivity contribution is 7.92. The number of aromatic nitrogens is 1. The van der Waals surface area contributed by atoms with E-state index in [0.717, 1.165) is 25.0 Å². The second kappa shape index (κ2) is 9.76. The molecule has 0 saturated heterocycles. The Balaban J connectivity index is 1.62. The first-order valence-corrected chi connectivity index (χ1v) is 12.3. The maximum absolute atomic E-state index is 15.2. The summed E-state index contributed by atoms with van der Waals surface area (Å²) in [6.45, 7) is 3.08. The van der Waals surface area contributed by atoms with E-state index in [-0.39, 0.29) is 10.5 Å². The number of carbonyl (C=O) groups excluding carboxylic acids is 1. The molecule has 0 radical (unpaired) electrons. The fourth-order valence-electron chi connectivity index (χ4n) is 3.56. The first-order chi connectivity index (χ1) is 16.3. The summed E-state index contributed by atoms with van der Waals surface area (Å²) in [7, 11) is -4.21. The third kappa shape index (κ3) is 4.72. The first-order valence-electron chi connectivity index (χ1n) is 10.8. The monoisotopic (exact) mass is 487 g/mol. The molecule has 178 valence electrons. The van der Waals surface area contributed by atoms with Crippen molar-refractivity contribution in [1.82, 2.24) is 4.98 Å². The number of anilines is 1. The number of hydrogen-bond acceptors (Lipinski definition) is 5. The summed E-state index contributed by atoms with van der Waals surface area (Å²) in [4.78, 5) is 19.9. The molecule has 0 saturated carbocycles. The minimum Gasteiger partial charge on any atom is -0.494 e. The van der Waals surface area contributed by atoms with E-state index in [4.69, 9.17) is 4.74 Å². The summed E-state index contributed by atoms with van der Waals surface area (Å²) < 4.78 is 63.0. The van der Waals surface area contributed by atoms with Crippen LogP contribution in [0.25, 0.3) is 6.08 Å². The van der Waals surface area contributed by atoms with Crippen LogP contribution in [0.2, 0.25) is 0 Å². The van der Waals surface area contributed by atoms with Gasteiger partial charge < -0.3 is 9.72 Å². The van der Waals surface area contributed by atoms with Crippen LogP contribution in [0.1, 0.15) is 42.1 Å². The fourth-order valence-corrected chi connectivity index (χ4v) is 4.62. The number of nitrogens with zero attached hydrogens (tertiary/aromatic N) is 1. The minimum atomic E-state index is -4.21. The standard InChI is InChI=1S/C24H23F2N3O4S/c1-2-3-13-33-15-6-8-16(9-7-15)34(31,32)29-20-11-10-19(25)21(22(20)26)23(30)18-14-28-24-17(18)5-4-12-27-24/h5-11,14,29H,2-4,12-13H2,1H3,(H,27,28). The molecular weight excluding hydrogens is 464 g/mol. The zero-order valence-electron chi connectivity index (χ0n) is 18.4. The zero-order valence-corrected chi connectivity index (χ0v) is 19.2. The van der Waals surface area contributed by atoms with E-state index >= 15 is 4.39 Å². The van der Waals surface area contributed by atoms with Crippen LogP contribution in [0, 0.1) is 11.6 Å². The van der Waals surface area contributed by atoms with Crippen LogP contribution in [0.4, 0.5) is 14.5 Å². The molecule has 34 heavy (non-hydrogen) atoms. The number of rotatable bonds is 9. The van der Waals surface area contributed by atoms with Gasteiger partial charge in [-0.25, -0.2) is 17.2 Å². The van der Waals surface area contributed by atoms with Gasteiger partial charge in [0.15, 0.2) is 5.82 Å². The maximum atomic E-state index is 15.2. The van der Waals surface area contributed by atoms with Crippen LogP contribution < -0.4 is 20.2 Å². The van der Waals surface area contributed by atoms with Gasteiger partial charge in [0.05, 0.1) is 22.8 Å². The molecule has 2 heterocycles. The SMILES string of the molecule is CCCCOc1ccc(S(=O)(=O)Nc2ccc(F)c(C(=O)c3c[nH]c4c3=CCCN=4)c2F)cc1. The number of ketones is 1. The second-order valence-electron chi connectivity index (χ2n) is 7.73. The molecule has 10 heteroatoms. The Kier molecular flexibility index (Phi) is 6.78. The number of ether oxygens (including phenoxy) is 1.